The van der Waals surface area contributed by atoms with Crippen LogP contribution in [0.25, 0.3) is 0 Å². The minimum absolute atomic E-state index is 0.106. The zero-order valence-corrected chi connectivity index (χ0v) is 14.0. The first-order valence-electron chi connectivity index (χ1n) is 8.61. The number of nitrogens with one attached hydrogen (secondary N) is 1. The Bertz CT molecular complexity index is 474. The number of hydrogen-bond donors (Lipinski definition) is 2. The third-order valence-electron chi connectivity index (χ3n) is 4.27. The molecule has 1 aromatic carbocycles. The number of carbonyl (C=O) groups excluding carboxylic acids is 1. The number of carbonyl (C=O) groups is 1. The van der Waals surface area contributed by atoms with E-state index in [9.17, 15) is 4.79 Å². The first-order chi connectivity index (χ1) is 11.2. The van der Waals surface area contributed by atoms with E-state index in [2.05, 4.69) is 24.4 Å². The first kappa shape index (κ1) is 17.6. The predicted molar refractivity (Wildman–Crippen MR) is 90.5 cm³/mol. The van der Waals surface area contributed by atoms with Gasteiger partial charge in [0, 0.05) is 19.2 Å². The fourth-order valence-electron chi connectivity index (χ4n) is 3.04. The van der Waals surface area contributed by atoms with Crippen LogP contribution in [0.15, 0.2) is 24.3 Å². The molecule has 5 heteroatoms. The van der Waals surface area contributed by atoms with Crippen molar-refractivity contribution in [3.8, 4) is 5.75 Å². The second-order valence-electron chi connectivity index (χ2n) is 6.02. The lowest BCUT2D eigenvalue weighted by molar-refractivity contribution is 0.126. The van der Waals surface area contributed by atoms with Gasteiger partial charge in [-0.25, -0.2) is 4.79 Å². The number of hydrogen-bond acceptors (Lipinski definition) is 3. The molecule has 5 nitrogen and oxygen atoms in total. The number of urea groups is 1. The molecule has 1 saturated heterocycles. The molecule has 0 bridgehead atoms. The zero-order chi connectivity index (χ0) is 16.5. The number of amides is 2. The molecular formula is C18H28N2O3. The molecule has 0 saturated carbocycles. The van der Waals surface area contributed by atoms with Crippen molar-refractivity contribution in [2.45, 2.75) is 51.5 Å². The fourth-order valence-corrected chi connectivity index (χ4v) is 3.04. The summed E-state index contributed by atoms with van der Waals surface area (Å²) in [5.41, 5.74) is 1.30. The van der Waals surface area contributed by atoms with Gasteiger partial charge in [-0.3, -0.25) is 0 Å². The van der Waals surface area contributed by atoms with Gasteiger partial charge in [0.1, 0.15) is 5.75 Å². The molecule has 2 amide bonds. The van der Waals surface area contributed by atoms with Gasteiger partial charge in [0.15, 0.2) is 6.73 Å². The van der Waals surface area contributed by atoms with Crippen molar-refractivity contribution in [2.24, 2.45) is 0 Å². The Morgan fingerprint density at radius 2 is 2.13 bits per heavy atom. The molecule has 1 aromatic rings. The molecule has 0 aromatic heterocycles. The summed E-state index contributed by atoms with van der Waals surface area (Å²) < 4.78 is 5.59. The van der Waals surface area contributed by atoms with Gasteiger partial charge < -0.3 is 20.1 Å². The summed E-state index contributed by atoms with van der Waals surface area (Å²) in [5.74, 6) is 0.760. The van der Waals surface area contributed by atoms with Crippen molar-refractivity contribution in [3.05, 3.63) is 29.8 Å². The molecule has 2 N–H and O–H groups in total. The van der Waals surface area contributed by atoms with Crippen LogP contribution in [0.4, 0.5) is 4.79 Å². The fraction of sp³-hybridized carbons (Fsp3) is 0.611. The zero-order valence-electron chi connectivity index (χ0n) is 14.0. The van der Waals surface area contributed by atoms with Crippen molar-refractivity contribution in [3.63, 3.8) is 0 Å². The molecule has 23 heavy (non-hydrogen) atoms. The summed E-state index contributed by atoms with van der Waals surface area (Å²) in [7, 11) is 0. The molecule has 1 heterocycles. The molecule has 1 aliphatic heterocycles. The average molecular weight is 320 g/mol. The average Bonchev–Trinajstić information content (AvgIpc) is 2.57. The summed E-state index contributed by atoms with van der Waals surface area (Å²) >= 11 is 0. The van der Waals surface area contributed by atoms with Crippen LogP contribution in [0.3, 0.4) is 0 Å². The predicted octanol–water partition coefficient (Wildman–Crippen LogP) is 2.92. The topological polar surface area (TPSA) is 61.8 Å². The van der Waals surface area contributed by atoms with Crippen LogP contribution >= 0.6 is 0 Å². The van der Waals surface area contributed by atoms with E-state index in [-0.39, 0.29) is 25.4 Å². The Labute approximate surface area is 138 Å². The first-order valence-corrected chi connectivity index (χ1v) is 8.61. The minimum Gasteiger partial charge on any atom is -0.473 e. The number of nitrogens with zero attached hydrogens (tertiary/aromatic N) is 1. The molecule has 1 atom stereocenters. The summed E-state index contributed by atoms with van der Waals surface area (Å²) in [5, 5.41) is 11.9. The van der Waals surface area contributed by atoms with E-state index in [0.29, 0.717) is 6.42 Å². The Kier molecular flexibility index (Phi) is 7.20. The van der Waals surface area contributed by atoms with Crippen molar-refractivity contribution < 1.29 is 14.6 Å². The molecule has 0 aliphatic carbocycles. The van der Waals surface area contributed by atoms with E-state index in [4.69, 9.17) is 9.84 Å². The van der Waals surface area contributed by atoms with Gasteiger partial charge in [0.25, 0.3) is 0 Å². The number of ether oxygens (including phenoxy) is 1. The van der Waals surface area contributed by atoms with E-state index in [1.54, 1.807) is 0 Å². The Morgan fingerprint density at radius 1 is 1.35 bits per heavy atom. The minimum atomic E-state index is -0.106. The number of likely N-dealkylation sites (tertiary alicyclic amines) is 1. The van der Waals surface area contributed by atoms with Gasteiger partial charge in [0.2, 0.25) is 0 Å². The van der Waals surface area contributed by atoms with Crippen molar-refractivity contribution >= 4 is 6.03 Å². The number of benzene rings is 1. The third-order valence-corrected chi connectivity index (χ3v) is 4.27. The number of aliphatic hydroxyl groups is 1. The quantitative estimate of drug-likeness (QED) is 0.759. The Balaban J connectivity index is 1.77. The number of rotatable bonds is 7. The van der Waals surface area contributed by atoms with E-state index in [1.807, 2.05) is 17.0 Å². The highest BCUT2D eigenvalue weighted by Crippen LogP contribution is 2.19. The van der Waals surface area contributed by atoms with Crippen LogP contribution in [0, 0.1) is 0 Å². The monoisotopic (exact) mass is 320 g/mol. The summed E-state index contributed by atoms with van der Waals surface area (Å²) in [6.45, 7) is 3.19. The van der Waals surface area contributed by atoms with Gasteiger partial charge in [-0.15, -0.1) is 0 Å². The lowest BCUT2D eigenvalue weighted by Crippen LogP contribution is -2.49. The van der Waals surface area contributed by atoms with Crippen LogP contribution in [0.1, 0.15) is 44.6 Å². The number of piperidine rings is 1. The van der Waals surface area contributed by atoms with Crippen LogP contribution in [0.5, 0.6) is 5.75 Å². The van der Waals surface area contributed by atoms with E-state index in [0.717, 1.165) is 44.4 Å². The summed E-state index contributed by atoms with van der Waals surface area (Å²) in [6, 6.07) is 8.03. The summed E-state index contributed by atoms with van der Waals surface area (Å²) in [4.78, 5) is 14.1. The Morgan fingerprint density at radius 3 is 2.83 bits per heavy atom. The van der Waals surface area contributed by atoms with E-state index >= 15 is 0 Å². The van der Waals surface area contributed by atoms with Crippen molar-refractivity contribution in [2.75, 3.05) is 19.9 Å². The lowest BCUT2D eigenvalue weighted by atomic mass is 10.0. The van der Waals surface area contributed by atoms with Crippen LogP contribution in [0.2, 0.25) is 0 Å². The Hall–Kier alpha value is -1.75. The van der Waals surface area contributed by atoms with Crippen molar-refractivity contribution in [1.29, 1.82) is 0 Å². The second kappa shape index (κ2) is 9.40. The molecule has 1 fully saturated rings. The smallest absolute Gasteiger partial charge is 0.320 e. The largest absolute Gasteiger partial charge is 0.473 e. The van der Waals surface area contributed by atoms with Crippen LogP contribution in [-0.2, 0) is 6.42 Å². The van der Waals surface area contributed by atoms with E-state index < -0.39 is 0 Å². The SMILES string of the molecule is CCCc1ccc(OCNC(=O)N2CCCCC2CCO)cc1. The third kappa shape index (κ3) is 5.43. The maximum Gasteiger partial charge on any atom is 0.320 e. The van der Waals surface area contributed by atoms with Crippen LogP contribution < -0.4 is 10.1 Å². The van der Waals surface area contributed by atoms with Gasteiger partial charge in [-0.1, -0.05) is 25.5 Å². The molecule has 1 aliphatic rings. The standard InChI is InChI=1S/C18H28N2O3/c1-2-5-15-7-9-17(10-8-15)23-14-19-18(22)20-12-4-3-6-16(20)11-13-21/h7-10,16,21H,2-6,11-14H2,1H3,(H,19,22). The lowest BCUT2D eigenvalue weighted by Gasteiger charge is -2.35. The van der Waals surface area contributed by atoms with Gasteiger partial charge in [0.05, 0.1) is 0 Å². The van der Waals surface area contributed by atoms with Crippen molar-refractivity contribution in [1.82, 2.24) is 10.2 Å². The van der Waals surface area contributed by atoms with Crippen LogP contribution in [-0.4, -0.2) is 42.0 Å². The molecule has 1 unspecified atom stereocenters. The molecule has 0 radical (unpaired) electrons. The maximum absolute atomic E-state index is 12.3. The highest BCUT2D eigenvalue weighted by molar-refractivity contribution is 5.74. The molecule has 0 spiro atoms. The highest BCUT2D eigenvalue weighted by Gasteiger charge is 2.25. The molecule has 2 rings (SSSR count). The van der Waals surface area contributed by atoms with Gasteiger partial charge >= 0.3 is 6.03 Å². The maximum atomic E-state index is 12.3. The second-order valence-corrected chi connectivity index (χ2v) is 6.02. The van der Waals surface area contributed by atoms with Gasteiger partial charge in [-0.2, -0.15) is 0 Å². The number of aryl methyl sites for hydroxylation is 1. The molecule has 128 valence electrons. The normalized spacial score (nSPS) is 17.8. The summed E-state index contributed by atoms with van der Waals surface area (Å²) in [6.07, 6.45) is 5.95. The van der Waals surface area contributed by atoms with Gasteiger partial charge in [-0.05, 0) is 49.8 Å². The number of aliphatic hydroxyl groups excluding tert-OH is 1. The highest BCUT2D eigenvalue weighted by atomic mass is 16.5. The van der Waals surface area contributed by atoms with E-state index in [1.165, 1.54) is 5.56 Å². The molecular weight excluding hydrogens is 292 g/mol.